The van der Waals surface area contributed by atoms with Gasteiger partial charge in [0.15, 0.2) is 6.23 Å². The predicted molar refractivity (Wildman–Crippen MR) is 65.3 cm³/mol. The molecule has 0 radical (unpaired) electrons. The Morgan fingerprint density at radius 1 is 1.63 bits per heavy atom. The Kier molecular flexibility index (Phi) is 3.59. The summed E-state index contributed by atoms with van der Waals surface area (Å²) in [6.07, 6.45) is -2.11. The van der Waals surface area contributed by atoms with E-state index >= 15 is 0 Å². The molecule has 4 N–H and O–H groups in total. The van der Waals surface area contributed by atoms with E-state index in [2.05, 4.69) is 4.98 Å². The SMILES string of the molecule is COC[C@@]1(C)O[C@@H](n2ccc(N)nc2=O)[C@H](O)[C@@H]1O. The fraction of sp³-hybridized carbons (Fsp3) is 0.636. The fourth-order valence-electron chi connectivity index (χ4n) is 2.18. The van der Waals surface area contributed by atoms with Crippen LogP contribution >= 0.6 is 0 Å². The van der Waals surface area contributed by atoms with Crippen LogP contribution in [-0.4, -0.2) is 51.3 Å². The molecule has 0 saturated carbocycles. The lowest BCUT2D eigenvalue weighted by atomic mass is 9.98. The quantitative estimate of drug-likeness (QED) is 0.610. The molecule has 1 aromatic heterocycles. The molecular formula is C11H17N3O5. The Morgan fingerprint density at radius 3 is 2.89 bits per heavy atom. The molecule has 0 aromatic carbocycles. The van der Waals surface area contributed by atoms with Gasteiger partial charge in [-0.25, -0.2) is 4.79 Å². The third-order valence-corrected chi connectivity index (χ3v) is 3.19. The van der Waals surface area contributed by atoms with E-state index in [4.69, 9.17) is 15.2 Å². The number of rotatable bonds is 3. The molecule has 19 heavy (non-hydrogen) atoms. The predicted octanol–water partition coefficient (Wildman–Crippen LogP) is -1.52. The lowest BCUT2D eigenvalue weighted by molar-refractivity contribution is -0.124. The van der Waals surface area contributed by atoms with Gasteiger partial charge in [-0.2, -0.15) is 4.98 Å². The molecule has 0 unspecified atom stereocenters. The highest BCUT2D eigenvalue weighted by Crippen LogP contribution is 2.36. The number of ether oxygens (including phenoxy) is 2. The highest BCUT2D eigenvalue weighted by Gasteiger charge is 2.52. The third kappa shape index (κ3) is 2.35. The number of nitrogens with zero attached hydrogens (tertiary/aromatic N) is 2. The second-order valence-electron chi connectivity index (χ2n) is 4.73. The number of aromatic nitrogens is 2. The van der Waals surface area contributed by atoms with Crippen LogP contribution in [0, 0.1) is 0 Å². The number of nitrogen functional groups attached to an aromatic ring is 1. The Labute approximate surface area is 109 Å². The molecule has 0 bridgehead atoms. The first-order valence-corrected chi connectivity index (χ1v) is 5.76. The van der Waals surface area contributed by atoms with Gasteiger partial charge < -0.3 is 25.4 Å². The average Bonchev–Trinajstić information content (AvgIpc) is 2.55. The number of anilines is 1. The maximum absolute atomic E-state index is 11.7. The van der Waals surface area contributed by atoms with Crippen molar-refractivity contribution in [2.24, 2.45) is 0 Å². The highest BCUT2D eigenvalue weighted by atomic mass is 16.6. The molecule has 8 heteroatoms. The first kappa shape index (κ1) is 13.9. The Hall–Kier alpha value is -1.48. The van der Waals surface area contributed by atoms with Gasteiger partial charge >= 0.3 is 5.69 Å². The van der Waals surface area contributed by atoms with Crippen LogP contribution in [-0.2, 0) is 9.47 Å². The van der Waals surface area contributed by atoms with E-state index in [1.165, 1.54) is 19.4 Å². The van der Waals surface area contributed by atoms with E-state index in [1.807, 2.05) is 0 Å². The molecule has 1 aliphatic heterocycles. The van der Waals surface area contributed by atoms with Crippen molar-refractivity contribution in [1.29, 1.82) is 0 Å². The maximum Gasteiger partial charge on any atom is 0.351 e. The summed E-state index contributed by atoms with van der Waals surface area (Å²) in [6.45, 7) is 1.68. The maximum atomic E-state index is 11.7. The Bertz CT molecular complexity index is 519. The van der Waals surface area contributed by atoms with E-state index in [1.54, 1.807) is 6.92 Å². The molecule has 8 nitrogen and oxygen atoms in total. The zero-order chi connectivity index (χ0) is 14.2. The van der Waals surface area contributed by atoms with Crippen LogP contribution in [0.15, 0.2) is 17.1 Å². The minimum atomic E-state index is -1.26. The van der Waals surface area contributed by atoms with Gasteiger partial charge in [-0.15, -0.1) is 0 Å². The van der Waals surface area contributed by atoms with Gasteiger partial charge in [-0.3, -0.25) is 4.57 Å². The van der Waals surface area contributed by atoms with Gasteiger partial charge in [-0.05, 0) is 13.0 Å². The molecule has 0 spiro atoms. The summed E-state index contributed by atoms with van der Waals surface area (Å²) in [4.78, 5) is 15.3. The Balaban J connectivity index is 2.34. The normalized spacial score (nSPS) is 34.6. The van der Waals surface area contributed by atoms with Gasteiger partial charge in [0, 0.05) is 13.3 Å². The van der Waals surface area contributed by atoms with Crippen LogP contribution in [0.5, 0.6) is 0 Å². The zero-order valence-electron chi connectivity index (χ0n) is 10.7. The number of aliphatic hydroxyl groups excluding tert-OH is 2. The van der Waals surface area contributed by atoms with E-state index in [-0.39, 0.29) is 12.4 Å². The van der Waals surface area contributed by atoms with Crippen molar-refractivity contribution in [3.8, 4) is 0 Å². The van der Waals surface area contributed by atoms with Gasteiger partial charge in [0.05, 0.1) is 6.61 Å². The van der Waals surface area contributed by atoms with Crippen LogP contribution in [0.3, 0.4) is 0 Å². The van der Waals surface area contributed by atoms with Crippen molar-refractivity contribution in [3.05, 3.63) is 22.7 Å². The highest BCUT2D eigenvalue weighted by molar-refractivity contribution is 5.23. The van der Waals surface area contributed by atoms with Crippen molar-refractivity contribution in [2.45, 2.75) is 31.0 Å². The fourth-order valence-corrected chi connectivity index (χ4v) is 2.18. The van der Waals surface area contributed by atoms with Crippen molar-refractivity contribution in [3.63, 3.8) is 0 Å². The monoisotopic (exact) mass is 271 g/mol. The van der Waals surface area contributed by atoms with Gasteiger partial charge in [0.2, 0.25) is 0 Å². The standard InChI is InChI=1S/C11H17N3O5/c1-11(5-18-2)8(16)7(15)9(19-11)14-4-3-6(12)13-10(14)17/h3-4,7-9,15-16H,5H2,1-2H3,(H2,12,13,17)/t7-,8+,9-,11-/m1/s1. The lowest BCUT2D eigenvalue weighted by Crippen LogP contribution is -2.44. The molecular weight excluding hydrogens is 254 g/mol. The van der Waals surface area contributed by atoms with E-state index in [9.17, 15) is 15.0 Å². The molecule has 106 valence electrons. The van der Waals surface area contributed by atoms with Crippen LogP contribution in [0.25, 0.3) is 0 Å². The number of methoxy groups -OCH3 is 1. The molecule has 4 atom stereocenters. The summed E-state index contributed by atoms with van der Waals surface area (Å²) < 4.78 is 11.6. The summed E-state index contributed by atoms with van der Waals surface area (Å²) in [5.74, 6) is 0.0777. The summed E-state index contributed by atoms with van der Waals surface area (Å²) in [6, 6.07) is 1.41. The summed E-state index contributed by atoms with van der Waals surface area (Å²) in [5, 5.41) is 20.0. The molecule has 1 saturated heterocycles. The third-order valence-electron chi connectivity index (χ3n) is 3.19. The van der Waals surface area contributed by atoms with Crippen molar-refractivity contribution in [1.82, 2.24) is 9.55 Å². The summed E-state index contributed by atoms with van der Waals surface area (Å²) >= 11 is 0. The van der Waals surface area contributed by atoms with Gasteiger partial charge in [0.25, 0.3) is 0 Å². The first-order chi connectivity index (χ1) is 8.89. The van der Waals surface area contributed by atoms with Crippen molar-refractivity contribution < 1.29 is 19.7 Å². The van der Waals surface area contributed by atoms with Gasteiger partial charge in [-0.1, -0.05) is 0 Å². The first-order valence-electron chi connectivity index (χ1n) is 5.76. The second kappa shape index (κ2) is 4.89. The molecule has 0 amide bonds. The summed E-state index contributed by atoms with van der Waals surface area (Å²) in [7, 11) is 1.46. The number of aliphatic hydroxyl groups is 2. The number of hydrogen-bond acceptors (Lipinski definition) is 7. The van der Waals surface area contributed by atoms with Crippen LogP contribution in [0.4, 0.5) is 5.82 Å². The van der Waals surface area contributed by atoms with Crippen molar-refractivity contribution in [2.75, 3.05) is 19.5 Å². The van der Waals surface area contributed by atoms with E-state index < -0.39 is 29.7 Å². The smallest absolute Gasteiger partial charge is 0.351 e. The molecule has 2 rings (SSSR count). The minimum absolute atomic E-state index is 0.0777. The van der Waals surface area contributed by atoms with Crippen LogP contribution in [0.1, 0.15) is 13.2 Å². The Morgan fingerprint density at radius 2 is 2.32 bits per heavy atom. The van der Waals surface area contributed by atoms with Crippen LogP contribution < -0.4 is 11.4 Å². The minimum Gasteiger partial charge on any atom is -0.387 e. The van der Waals surface area contributed by atoms with Crippen molar-refractivity contribution >= 4 is 5.82 Å². The molecule has 0 aliphatic carbocycles. The van der Waals surface area contributed by atoms with Crippen LogP contribution in [0.2, 0.25) is 0 Å². The summed E-state index contributed by atoms with van der Waals surface area (Å²) in [5.41, 5.74) is 3.64. The zero-order valence-corrected chi connectivity index (χ0v) is 10.7. The molecule has 1 aliphatic rings. The van der Waals surface area contributed by atoms with E-state index in [0.717, 1.165) is 4.57 Å². The lowest BCUT2D eigenvalue weighted by Gasteiger charge is -2.26. The van der Waals surface area contributed by atoms with E-state index in [0.29, 0.717) is 0 Å². The largest absolute Gasteiger partial charge is 0.387 e. The molecule has 1 fully saturated rings. The average molecular weight is 271 g/mol. The van der Waals surface area contributed by atoms with Gasteiger partial charge in [0.1, 0.15) is 23.6 Å². The number of hydrogen-bond donors (Lipinski definition) is 3. The molecule has 2 heterocycles. The second-order valence-corrected chi connectivity index (χ2v) is 4.73. The molecule has 1 aromatic rings. The topological polar surface area (TPSA) is 120 Å². The number of nitrogens with two attached hydrogens (primary N) is 1.